The van der Waals surface area contributed by atoms with Crippen molar-refractivity contribution in [2.45, 2.75) is 26.8 Å². The van der Waals surface area contributed by atoms with Gasteiger partial charge in [0.05, 0.1) is 17.5 Å². The van der Waals surface area contributed by atoms with E-state index in [1.807, 2.05) is 51.9 Å². The smallest absolute Gasteiger partial charge is 0.122 e. The second kappa shape index (κ2) is 4.08. The molecule has 0 amide bonds. The van der Waals surface area contributed by atoms with Crippen LogP contribution in [-0.4, -0.2) is 19.0 Å². The Bertz CT molecular complexity index is 371. The van der Waals surface area contributed by atoms with Gasteiger partial charge in [-0.2, -0.15) is 5.26 Å². The molecule has 15 heavy (non-hydrogen) atoms. The highest BCUT2D eigenvalue weighted by Gasteiger charge is 2.34. The average Bonchev–Trinajstić information content (AvgIpc) is 2.51. The standard InChI is InChI=1S/C12H18N2O/c1-9-6-7-10(15-9)11(14(4)5)12(2,3)8-13/h6-7,11H,1-5H3. The Labute approximate surface area is 91.3 Å². The van der Waals surface area contributed by atoms with Gasteiger partial charge in [0.25, 0.3) is 0 Å². The second-order valence-corrected chi connectivity index (χ2v) is 4.65. The number of nitrogens with zero attached hydrogens (tertiary/aromatic N) is 2. The molecule has 1 atom stereocenters. The van der Waals surface area contributed by atoms with Gasteiger partial charge in [-0.3, -0.25) is 4.90 Å². The highest BCUT2D eigenvalue weighted by molar-refractivity contribution is 5.16. The molecule has 1 unspecified atom stereocenters. The van der Waals surface area contributed by atoms with Crippen LogP contribution in [-0.2, 0) is 0 Å². The maximum absolute atomic E-state index is 9.16. The molecule has 0 N–H and O–H groups in total. The minimum absolute atomic E-state index is 0.0174. The molecule has 0 spiro atoms. The van der Waals surface area contributed by atoms with Crippen molar-refractivity contribution >= 4 is 0 Å². The predicted molar refractivity (Wildman–Crippen MR) is 59.3 cm³/mol. The van der Waals surface area contributed by atoms with E-state index in [-0.39, 0.29) is 6.04 Å². The Kier molecular flexibility index (Phi) is 3.21. The lowest BCUT2D eigenvalue weighted by molar-refractivity contribution is 0.156. The van der Waals surface area contributed by atoms with Gasteiger partial charge >= 0.3 is 0 Å². The van der Waals surface area contributed by atoms with E-state index in [1.165, 1.54) is 0 Å². The average molecular weight is 206 g/mol. The summed E-state index contributed by atoms with van der Waals surface area (Å²) >= 11 is 0. The van der Waals surface area contributed by atoms with Crippen molar-refractivity contribution in [1.82, 2.24) is 4.90 Å². The molecule has 0 radical (unpaired) electrons. The third-order valence-electron chi connectivity index (χ3n) is 2.52. The summed E-state index contributed by atoms with van der Waals surface area (Å²) in [6, 6.07) is 6.18. The summed E-state index contributed by atoms with van der Waals surface area (Å²) < 4.78 is 5.60. The Morgan fingerprint density at radius 2 is 2.00 bits per heavy atom. The molecule has 0 aliphatic carbocycles. The fraction of sp³-hybridized carbons (Fsp3) is 0.583. The zero-order chi connectivity index (χ0) is 11.6. The molecule has 0 aliphatic heterocycles. The van der Waals surface area contributed by atoms with Crippen LogP contribution >= 0.6 is 0 Å². The summed E-state index contributed by atoms with van der Waals surface area (Å²) in [4.78, 5) is 2.02. The van der Waals surface area contributed by atoms with Gasteiger partial charge in [-0.05, 0) is 47.0 Å². The minimum atomic E-state index is -0.464. The highest BCUT2D eigenvalue weighted by atomic mass is 16.3. The van der Waals surface area contributed by atoms with Gasteiger partial charge in [-0.1, -0.05) is 0 Å². The molecule has 0 aliphatic rings. The maximum atomic E-state index is 9.16. The number of aryl methyl sites for hydroxylation is 1. The fourth-order valence-electron chi connectivity index (χ4n) is 1.92. The monoisotopic (exact) mass is 206 g/mol. The van der Waals surface area contributed by atoms with Crippen molar-refractivity contribution in [3.63, 3.8) is 0 Å². The van der Waals surface area contributed by atoms with E-state index < -0.39 is 5.41 Å². The van der Waals surface area contributed by atoms with Crippen LogP contribution in [0.4, 0.5) is 0 Å². The molecular weight excluding hydrogens is 188 g/mol. The Hall–Kier alpha value is -1.27. The molecule has 0 saturated carbocycles. The number of nitriles is 1. The van der Waals surface area contributed by atoms with Gasteiger partial charge in [0, 0.05) is 0 Å². The van der Waals surface area contributed by atoms with Gasteiger partial charge in [-0.15, -0.1) is 0 Å². The van der Waals surface area contributed by atoms with Crippen LogP contribution in [0.25, 0.3) is 0 Å². The molecule has 0 saturated heterocycles. The van der Waals surface area contributed by atoms with E-state index in [0.29, 0.717) is 0 Å². The SMILES string of the molecule is Cc1ccc(C(N(C)C)C(C)(C)C#N)o1. The van der Waals surface area contributed by atoms with Crippen LogP contribution in [0.5, 0.6) is 0 Å². The largest absolute Gasteiger partial charge is 0.465 e. The van der Waals surface area contributed by atoms with Crippen LogP contribution in [0.1, 0.15) is 31.4 Å². The predicted octanol–water partition coefficient (Wildman–Crippen LogP) is 2.74. The highest BCUT2D eigenvalue weighted by Crippen LogP contribution is 2.37. The first-order valence-electron chi connectivity index (χ1n) is 5.02. The normalized spacial score (nSPS) is 13.9. The lowest BCUT2D eigenvalue weighted by atomic mass is 9.84. The Morgan fingerprint density at radius 3 is 2.33 bits per heavy atom. The van der Waals surface area contributed by atoms with Crippen LogP contribution < -0.4 is 0 Å². The Balaban J connectivity index is 3.10. The first-order chi connectivity index (χ1) is 6.88. The third kappa shape index (κ3) is 2.40. The number of hydrogen-bond acceptors (Lipinski definition) is 3. The van der Waals surface area contributed by atoms with Gasteiger partial charge in [0.15, 0.2) is 0 Å². The molecule has 0 bridgehead atoms. The fourth-order valence-corrected chi connectivity index (χ4v) is 1.92. The summed E-state index contributed by atoms with van der Waals surface area (Å²) in [5.74, 6) is 1.73. The van der Waals surface area contributed by atoms with Crippen molar-refractivity contribution in [3.8, 4) is 6.07 Å². The number of hydrogen-bond donors (Lipinski definition) is 0. The lowest BCUT2D eigenvalue weighted by Gasteiger charge is -2.31. The summed E-state index contributed by atoms with van der Waals surface area (Å²) in [5.41, 5.74) is -0.464. The summed E-state index contributed by atoms with van der Waals surface area (Å²) in [7, 11) is 3.92. The zero-order valence-electron chi connectivity index (χ0n) is 10.0. The molecule has 0 fully saturated rings. The van der Waals surface area contributed by atoms with Gasteiger partial charge < -0.3 is 4.42 Å². The van der Waals surface area contributed by atoms with Crippen molar-refractivity contribution in [1.29, 1.82) is 5.26 Å². The first-order valence-corrected chi connectivity index (χ1v) is 5.02. The minimum Gasteiger partial charge on any atom is -0.465 e. The third-order valence-corrected chi connectivity index (χ3v) is 2.52. The van der Waals surface area contributed by atoms with E-state index in [9.17, 15) is 0 Å². The van der Waals surface area contributed by atoms with Crippen LogP contribution in [0.3, 0.4) is 0 Å². The molecule has 3 nitrogen and oxygen atoms in total. The topological polar surface area (TPSA) is 40.2 Å². The summed E-state index contributed by atoms with van der Waals surface area (Å²) in [6.07, 6.45) is 0. The number of furan rings is 1. The van der Waals surface area contributed by atoms with E-state index in [2.05, 4.69) is 6.07 Å². The van der Waals surface area contributed by atoms with Crippen LogP contribution in [0.2, 0.25) is 0 Å². The number of rotatable bonds is 3. The van der Waals surface area contributed by atoms with E-state index >= 15 is 0 Å². The zero-order valence-corrected chi connectivity index (χ0v) is 10.0. The van der Waals surface area contributed by atoms with E-state index in [4.69, 9.17) is 9.68 Å². The van der Waals surface area contributed by atoms with Gasteiger partial charge in [-0.25, -0.2) is 0 Å². The van der Waals surface area contributed by atoms with Crippen LogP contribution in [0.15, 0.2) is 16.5 Å². The van der Waals surface area contributed by atoms with Gasteiger partial charge in [0.2, 0.25) is 0 Å². The molecular formula is C12H18N2O. The van der Waals surface area contributed by atoms with Crippen LogP contribution in [0, 0.1) is 23.7 Å². The molecule has 3 heteroatoms. The molecule has 0 aromatic carbocycles. The van der Waals surface area contributed by atoms with E-state index in [1.54, 1.807) is 0 Å². The van der Waals surface area contributed by atoms with Crippen molar-refractivity contribution in [3.05, 3.63) is 23.7 Å². The second-order valence-electron chi connectivity index (χ2n) is 4.65. The first kappa shape index (κ1) is 11.8. The molecule has 1 heterocycles. The molecule has 1 rings (SSSR count). The summed E-state index contributed by atoms with van der Waals surface area (Å²) in [5, 5.41) is 9.16. The van der Waals surface area contributed by atoms with E-state index in [0.717, 1.165) is 11.5 Å². The van der Waals surface area contributed by atoms with Crippen molar-refractivity contribution < 1.29 is 4.42 Å². The van der Waals surface area contributed by atoms with Gasteiger partial charge in [0.1, 0.15) is 11.5 Å². The Morgan fingerprint density at radius 1 is 1.40 bits per heavy atom. The van der Waals surface area contributed by atoms with Crippen molar-refractivity contribution in [2.75, 3.05) is 14.1 Å². The quantitative estimate of drug-likeness (QED) is 0.763. The van der Waals surface area contributed by atoms with Crippen molar-refractivity contribution in [2.24, 2.45) is 5.41 Å². The lowest BCUT2D eigenvalue weighted by Crippen LogP contribution is -2.32. The summed E-state index contributed by atoms with van der Waals surface area (Å²) in [6.45, 7) is 5.76. The maximum Gasteiger partial charge on any atom is 0.122 e. The molecule has 1 aromatic heterocycles. The molecule has 82 valence electrons. The molecule has 1 aromatic rings.